The van der Waals surface area contributed by atoms with Gasteiger partial charge in [-0.15, -0.1) is 0 Å². The average molecular weight is 320 g/mol. The molecule has 2 rings (SSSR count). The monoisotopic (exact) mass is 320 g/mol. The second-order valence-electron chi connectivity index (χ2n) is 4.66. The fraction of sp³-hybridized carbons (Fsp3) is 0.200. The van der Waals surface area contributed by atoms with Crippen LogP contribution in [0.4, 0.5) is 5.82 Å². The molecule has 0 amide bonds. The lowest BCUT2D eigenvalue weighted by Gasteiger charge is -2.23. The van der Waals surface area contributed by atoms with E-state index in [0.717, 1.165) is 9.87 Å². The molecule has 7 heteroatoms. The number of aromatic carboxylic acids is 1. The lowest BCUT2D eigenvalue weighted by molar-refractivity contribution is 0.0697. The Morgan fingerprint density at radius 1 is 1.23 bits per heavy atom. The average Bonchev–Trinajstić information content (AvgIpc) is 2.48. The van der Waals surface area contributed by atoms with Gasteiger partial charge in [-0.2, -0.15) is 0 Å². The zero-order valence-electron chi connectivity index (χ0n) is 12.2. The molecule has 1 heterocycles. The summed E-state index contributed by atoms with van der Waals surface area (Å²) in [5.41, 5.74) is 0.783. The maximum Gasteiger partial charge on any atom is 0.339 e. The summed E-state index contributed by atoms with van der Waals surface area (Å²) in [5.74, 6) is -1.31. The van der Waals surface area contributed by atoms with Crippen molar-refractivity contribution >= 4 is 21.8 Å². The molecule has 1 aromatic heterocycles. The van der Waals surface area contributed by atoms with E-state index in [9.17, 15) is 18.3 Å². The molecule has 0 saturated heterocycles. The standard InChI is InChI=1S/C15H16N2O4S/c1-3-17(14-13(15(18)19)5-4-10-16-14)22(20,21)12-8-6-11(2)7-9-12/h4-10H,3H2,1-2H3,(H,18,19). The molecule has 22 heavy (non-hydrogen) atoms. The van der Waals surface area contributed by atoms with E-state index in [2.05, 4.69) is 4.98 Å². The van der Waals surface area contributed by atoms with Crippen LogP contribution in [0.3, 0.4) is 0 Å². The van der Waals surface area contributed by atoms with Gasteiger partial charge in [-0.25, -0.2) is 22.5 Å². The first-order chi connectivity index (χ1) is 10.4. The predicted octanol–water partition coefficient (Wildman–Crippen LogP) is 2.30. The van der Waals surface area contributed by atoms with Crippen molar-refractivity contribution in [2.24, 2.45) is 0 Å². The molecular formula is C15H16N2O4S. The molecule has 0 fully saturated rings. The highest BCUT2D eigenvalue weighted by atomic mass is 32.2. The molecule has 0 bridgehead atoms. The lowest BCUT2D eigenvalue weighted by Crippen LogP contribution is -2.33. The van der Waals surface area contributed by atoms with Crippen molar-refractivity contribution in [1.29, 1.82) is 0 Å². The summed E-state index contributed by atoms with van der Waals surface area (Å²) in [4.78, 5) is 15.3. The van der Waals surface area contributed by atoms with Gasteiger partial charge >= 0.3 is 5.97 Å². The maximum absolute atomic E-state index is 12.7. The SMILES string of the molecule is CCN(c1ncccc1C(=O)O)S(=O)(=O)c1ccc(C)cc1. The third-order valence-corrected chi connectivity index (χ3v) is 5.03. The van der Waals surface area contributed by atoms with E-state index >= 15 is 0 Å². The van der Waals surface area contributed by atoms with Gasteiger partial charge in [0.15, 0.2) is 5.82 Å². The molecule has 1 N–H and O–H groups in total. The van der Waals surface area contributed by atoms with Crippen LogP contribution in [-0.2, 0) is 10.0 Å². The molecule has 116 valence electrons. The Morgan fingerprint density at radius 3 is 2.41 bits per heavy atom. The summed E-state index contributed by atoms with van der Waals surface area (Å²) in [6.45, 7) is 3.56. The number of hydrogen-bond acceptors (Lipinski definition) is 4. The van der Waals surface area contributed by atoms with Crippen LogP contribution in [0, 0.1) is 6.92 Å². The molecule has 1 aromatic carbocycles. The Kier molecular flexibility index (Phi) is 4.46. The second-order valence-corrected chi connectivity index (χ2v) is 6.52. The minimum absolute atomic E-state index is 0.0769. The number of sulfonamides is 1. The quantitative estimate of drug-likeness (QED) is 0.913. The second kappa shape index (κ2) is 6.15. The summed E-state index contributed by atoms with van der Waals surface area (Å²) in [6, 6.07) is 9.17. The number of nitrogens with zero attached hydrogens (tertiary/aromatic N) is 2. The number of hydrogen-bond donors (Lipinski definition) is 1. The highest BCUT2D eigenvalue weighted by Gasteiger charge is 2.28. The minimum Gasteiger partial charge on any atom is -0.478 e. The first kappa shape index (κ1) is 16.0. The molecule has 0 unspecified atom stereocenters. The van der Waals surface area contributed by atoms with Crippen LogP contribution in [0.1, 0.15) is 22.8 Å². The van der Waals surface area contributed by atoms with Crippen LogP contribution >= 0.6 is 0 Å². The minimum atomic E-state index is -3.87. The van der Waals surface area contributed by atoms with Gasteiger partial charge in [0.1, 0.15) is 5.56 Å². The summed E-state index contributed by atoms with van der Waals surface area (Å²) >= 11 is 0. The zero-order chi connectivity index (χ0) is 16.3. The van der Waals surface area contributed by atoms with Crippen LogP contribution in [-0.4, -0.2) is 31.0 Å². The predicted molar refractivity (Wildman–Crippen MR) is 82.6 cm³/mol. The Balaban J connectivity index is 2.57. The van der Waals surface area contributed by atoms with Gasteiger partial charge in [0, 0.05) is 12.7 Å². The van der Waals surface area contributed by atoms with Gasteiger partial charge in [-0.3, -0.25) is 0 Å². The van der Waals surface area contributed by atoms with E-state index in [0.29, 0.717) is 0 Å². The van der Waals surface area contributed by atoms with Gasteiger partial charge in [0.05, 0.1) is 4.90 Å². The molecule has 0 saturated carbocycles. The smallest absolute Gasteiger partial charge is 0.339 e. The van der Waals surface area contributed by atoms with Crippen LogP contribution in [0.2, 0.25) is 0 Å². The highest BCUT2D eigenvalue weighted by Crippen LogP contribution is 2.25. The van der Waals surface area contributed by atoms with Gasteiger partial charge in [0.2, 0.25) is 0 Å². The van der Waals surface area contributed by atoms with E-state index in [-0.39, 0.29) is 22.8 Å². The lowest BCUT2D eigenvalue weighted by atomic mass is 10.2. The maximum atomic E-state index is 12.7. The summed E-state index contributed by atoms with van der Waals surface area (Å²) in [6.07, 6.45) is 1.37. The first-order valence-electron chi connectivity index (χ1n) is 6.65. The molecule has 2 aromatic rings. The zero-order valence-corrected chi connectivity index (χ0v) is 13.0. The summed E-state index contributed by atoms with van der Waals surface area (Å²) in [5, 5.41) is 9.22. The van der Waals surface area contributed by atoms with Crippen molar-refractivity contribution in [3.05, 3.63) is 53.7 Å². The number of pyridine rings is 1. The van der Waals surface area contributed by atoms with Crippen LogP contribution in [0.15, 0.2) is 47.5 Å². The van der Waals surface area contributed by atoms with E-state index in [4.69, 9.17) is 0 Å². The molecule has 0 aliphatic rings. The Hall–Kier alpha value is -2.41. The van der Waals surface area contributed by atoms with Gasteiger partial charge in [-0.1, -0.05) is 17.7 Å². The number of aryl methyl sites for hydroxylation is 1. The van der Waals surface area contributed by atoms with Crippen LogP contribution in [0.25, 0.3) is 0 Å². The third-order valence-electron chi connectivity index (χ3n) is 3.15. The van der Waals surface area contributed by atoms with Crippen molar-refractivity contribution in [3.63, 3.8) is 0 Å². The van der Waals surface area contributed by atoms with Crippen LogP contribution < -0.4 is 4.31 Å². The Morgan fingerprint density at radius 2 is 1.86 bits per heavy atom. The molecule has 0 spiro atoms. The van der Waals surface area contributed by atoms with Crippen molar-refractivity contribution in [2.75, 3.05) is 10.8 Å². The fourth-order valence-corrected chi connectivity index (χ4v) is 3.48. The third kappa shape index (κ3) is 2.94. The molecule has 0 atom stereocenters. The Bertz CT molecular complexity index is 785. The van der Waals surface area contributed by atoms with Gasteiger partial charge < -0.3 is 5.11 Å². The fourth-order valence-electron chi connectivity index (χ4n) is 2.03. The summed E-state index contributed by atoms with van der Waals surface area (Å²) < 4.78 is 26.5. The number of carboxylic acids is 1. The molecule has 0 aliphatic carbocycles. The number of carboxylic acid groups (broad SMARTS) is 1. The Labute approximate surface area is 129 Å². The van der Waals surface area contributed by atoms with Crippen molar-refractivity contribution in [3.8, 4) is 0 Å². The number of carbonyl (C=O) groups is 1. The number of rotatable bonds is 5. The van der Waals surface area contributed by atoms with E-state index in [1.54, 1.807) is 19.1 Å². The number of aromatic nitrogens is 1. The van der Waals surface area contributed by atoms with E-state index in [1.807, 2.05) is 6.92 Å². The highest BCUT2D eigenvalue weighted by molar-refractivity contribution is 7.92. The van der Waals surface area contributed by atoms with Crippen molar-refractivity contribution in [1.82, 2.24) is 4.98 Å². The topological polar surface area (TPSA) is 87.6 Å². The molecule has 0 aliphatic heterocycles. The largest absolute Gasteiger partial charge is 0.478 e. The number of anilines is 1. The molecule has 0 radical (unpaired) electrons. The van der Waals surface area contributed by atoms with Crippen molar-refractivity contribution < 1.29 is 18.3 Å². The molecular weight excluding hydrogens is 304 g/mol. The van der Waals surface area contributed by atoms with E-state index in [1.165, 1.54) is 30.5 Å². The van der Waals surface area contributed by atoms with Crippen molar-refractivity contribution in [2.45, 2.75) is 18.7 Å². The number of benzene rings is 1. The van der Waals surface area contributed by atoms with Gasteiger partial charge in [0.25, 0.3) is 10.0 Å². The normalized spacial score (nSPS) is 11.2. The molecule has 6 nitrogen and oxygen atoms in total. The summed E-state index contributed by atoms with van der Waals surface area (Å²) in [7, 11) is -3.87. The van der Waals surface area contributed by atoms with Gasteiger partial charge in [-0.05, 0) is 38.1 Å². The van der Waals surface area contributed by atoms with E-state index < -0.39 is 16.0 Å². The van der Waals surface area contributed by atoms with Crippen LogP contribution in [0.5, 0.6) is 0 Å². The first-order valence-corrected chi connectivity index (χ1v) is 8.09.